The molecule has 0 saturated carbocycles. The van der Waals surface area contributed by atoms with Gasteiger partial charge in [-0.3, -0.25) is 5.41 Å². The minimum atomic E-state index is -3.37. The highest BCUT2D eigenvalue weighted by Gasteiger charge is 2.40. The molecule has 1 rings (SSSR count). The summed E-state index contributed by atoms with van der Waals surface area (Å²) >= 11 is 1.81. The van der Waals surface area contributed by atoms with Crippen molar-refractivity contribution in [1.82, 2.24) is 0 Å². The Bertz CT molecular complexity index is 496. The fourth-order valence-electron chi connectivity index (χ4n) is 1.44. The number of benzene rings is 1. The SMILES string of the molecule is CC(c1cc(N)c(I)cc1F)C(F)(F)COC(=N)N. The highest BCUT2D eigenvalue weighted by molar-refractivity contribution is 14.1. The Morgan fingerprint density at radius 1 is 1.53 bits per heavy atom. The van der Waals surface area contributed by atoms with Gasteiger partial charge in [0.05, 0.1) is 5.92 Å². The molecule has 0 fully saturated rings. The second kappa shape index (κ2) is 5.85. The Hall–Kier alpha value is -1.19. The zero-order valence-corrected chi connectivity index (χ0v) is 12.2. The lowest BCUT2D eigenvalue weighted by atomic mass is 9.94. The number of hydrogen-bond acceptors (Lipinski definition) is 3. The van der Waals surface area contributed by atoms with Crippen LogP contribution in [0.5, 0.6) is 0 Å². The van der Waals surface area contributed by atoms with Crippen LogP contribution in [0, 0.1) is 14.8 Å². The third kappa shape index (κ3) is 3.88. The van der Waals surface area contributed by atoms with Gasteiger partial charge >= 0.3 is 0 Å². The van der Waals surface area contributed by atoms with Gasteiger partial charge in [-0.2, -0.15) is 0 Å². The number of amidine groups is 1. The van der Waals surface area contributed by atoms with Crippen LogP contribution in [0.4, 0.5) is 18.9 Å². The number of anilines is 1. The first-order valence-electron chi connectivity index (χ1n) is 5.24. The molecule has 1 unspecified atom stereocenters. The van der Waals surface area contributed by atoms with Crippen molar-refractivity contribution >= 4 is 34.3 Å². The molecular formula is C11H13F3IN3O. The van der Waals surface area contributed by atoms with Crippen molar-refractivity contribution in [2.45, 2.75) is 18.8 Å². The van der Waals surface area contributed by atoms with E-state index in [2.05, 4.69) is 4.74 Å². The molecule has 19 heavy (non-hydrogen) atoms. The Balaban J connectivity index is 3.01. The standard InChI is InChI=1S/C11H13F3IN3O/c1-5(11(13,14)4-19-10(17)18)6-2-9(16)8(15)3-7(6)12/h2-3,5H,4,16H2,1H3,(H3,17,18). The molecule has 0 aromatic heterocycles. The lowest BCUT2D eigenvalue weighted by Gasteiger charge is -2.24. The van der Waals surface area contributed by atoms with Gasteiger partial charge in [0.25, 0.3) is 11.9 Å². The minimum absolute atomic E-state index is 0.199. The van der Waals surface area contributed by atoms with Crippen LogP contribution in [0.25, 0.3) is 0 Å². The first-order valence-corrected chi connectivity index (χ1v) is 6.32. The van der Waals surface area contributed by atoms with E-state index in [9.17, 15) is 13.2 Å². The fourth-order valence-corrected chi connectivity index (χ4v) is 1.87. The Kier molecular flexibility index (Phi) is 4.88. The van der Waals surface area contributed by atoms with Gasteiger partial charge in [0.15, 0.2) is 6.61 Å². The van der Waals surface area contributed by atoms with Crippen LogP contribution in [0.2, 0.25) is 0 Å². The summed E-state index contributed by atoms with van der Waals surface area (Å²) in [6.07, 6.45) is 0. The molecule has 0 aliphatic carbocycles. The number of nitrogen functional groups attached to an aromatic ring is 1. The summed E-state index contributed by atoms with van der Waals surface area (Å²) < 4.78 is 46.0. The van der Waals surface area contributed by atoms with Crippen molar-refractivity contribution in [3.8, 4) is 0 Å². The Morgan fingerprint density at radius 3 is 2.63 bits per heavy atom. The number of nitrogens with one attached hydrogen (secondary N) is 1. The van der Waals surface area contributed by atoms with E-state index in [0.29, 0.717) is 3.57 Å². The molecule has 106 valence electrons. The van der Waals surface area contributed by atoms with E-state index < -0.39 is 30.3 Å². The van der Waals surface area contributed by atoms with Gasteiger partial charge in [0, 0.05) is 9.26 Å². The van der Waals surface area contributed by atoms with Crippen molar-refractivity contribution in [3.63, 3.8) is 0 Å². The van der Waals surface area contributed by atoms with E-state index >= 15 is 0 Å². The molecule has 1 aromatic carbocycles. The van der Waals surface area contributed by atoms with E-state index in [0.717, 1.165) is 13.0 Å². The average molecular weight is 387 g/mol. The molecule has 0 amide bonds. The summed E-state index contributed by atoms with van der Waals surface area (Å²) in [6, 6.07) is 1.47. The van der Waals surface area contributed by atoms with E-state index in [1.807, 2.05) is 22.6 Å². The number of halogens is 4. The monoisotopic (exact) mass is 387 g/mol. The van der Waals surface area contributed by atoms with Crippen molar-refractivity contribution in [3.05, 3.63) is 27.1 Å². The second-order valence-electron chi connectivity index (χ2n) is 4.03. The lowest BCUT2D eigenvalue weighted by Crippen LogP contribution is -2.33. The quantitative estimate of drug-likeness (QED) is 0.322. The first kappa shape index (κ1) is 15.9. The highest BCUT2D eigenvalue weighted by Crippen LogP contribution is 2.36. The zero-order valence-electron chi connectivity index (χ0n) is 10.0. The largest absolute Gasteiger partial charge is 0.459 e. The summed E-state index contributed by atoms with van der Waals surface area (Å²) in [7, 11) is 0. The van der Waals surface area contributed by atoms with Crippen molar-refractivity contribution in [2.24, 2.45) is 5.73 Å². The predicted octanol–water partition coefficient (Wildman–Crippen LogP) is 2.66. The van der Waals surface area contributed by atoms with Crippen LogP contribution in [-0.4, -0.2) is 18.6 Å². The number of alkyl halides is 2. The molecule has 5 N–H and O–H groups in total. The van der Waals surface area contributed by atoms with Crippen molar-refractivity contribution in [2.75, 3.05) is 12.3 Å². The number of ether oxygens (including phenoxy) is 1. The topological polar surface area (TPSA) is 85.1 Å². The lowest BCUT2D eigenvalue weighted by molar-refractivity contribution is -0.0649. The smallest absolute Gasteiger partial charge is 0.288 e. The summed E-state index contributed by atoms with van der Waals surface area (Å²) in [5.41, 5.74) is 10.5. The maximum atomic E-state index is 13.8. The molecule has 4 nitrogen and oxygen atoms in total. The molecule has 0 spiro atoms. The number of rotatable bonds is 4. The van der Waals surface area contributed by atoms with Crippen LogP contribution in [-0.2, 0) is 4.74 Å². The molecule has 0 heterocycles. The third-order valence-electron chi connectivity index (χ3n) is 2.64. The van der Waals surface area contributed by atoms with Crippen molar-refractivity contribution < 1.29 is 17.9 Å². The van der Waals surface area contributed by atoms with Crippen LogP contribution >= 0.6 is 22.6 Å². The Labute approximate surface area is 121 Å². The van der Waals surface area contributed by atoms with Crippen LogP contribution in [0.1, 0.15) is 18.4 Å². The summed E-state index contributed by atoms with van der Waals surface area (Å²) in [4.78, 5) is 0. The molecule has 1 atom stereocenters. The predicted molar refractivity (Wildman–Crippen MR) is 74.8 cm³/mol. The first-order chi connectivity index (χ1) is 8.65. The van der Waals surface area contributed by atoms with Gasteiger partial charge in [-0.15, -0.1) is 0 Å². The average Bonchev–Trinajstić information content (AvgIpc) is 2.30. The van der Waals surface area contributed by atoms with Crippen LogP contribution in [0.15, 0.2) is 12.1 Å². The van der Waals surface area contributed by atoms with Gasteiger partial charge in [-0.25, -0.2) is 13.2 Å². The maximum Gasteiger partial charge on any atom is 0.288 e. The van der Waals surface area contributed by atoms with Gasteiger partial charge < -0.3 is 16.2 Å². The molecule has 8 heteroatoms. The molecule has 1 aromatic rings. The van der Waals surface area contributed by atoms with Crippen LogP contribution in [0.3, 0.4) is 0 Å². The second-order valence-corrected chi connectivity index (χ2v) is 5.19. The normalized spacial score (nSPS) is 13.1. The summed E-state index contributed by atoms with van der Waals surface area (Å²) in [5, 5.41) is 6.75. The van der Waals surface area contributed by atoms with Gasteiger partial charge in [-0.1, -0.05) is 6.92 Å². The molecule has 0 radical (unpaired) electrons. The fraction of sp³-hybridized carbons (Fsp3) is 0.364. The minimum Gasteiger partial charge on any atom is -0.459 e. The van der Waals surface area contributed by atoms with E-state index in [4.69, 9.17) is 16.9 Å². The number of nitrogens with two attached hydrogens (primary N) is 2. The van der Waals surface area contributed by atoms with Crippen LogP contribution < -0.4 is 11.5 Å². The number of hydrogen-bond donors (Lipinski definition) is 3. The molecule has 0 bridgehead atoms. The van der Waals surface area contributed by atoms with E-state index in [-0.39, 0.29) is 11.3 Å². The Morgan fingerprint density at radius 2 is 2.11 bits per heavy atom. The van der Waals surface area contributed by atoms with Gasteiger partial charge in [0.1, 0.15) is 5.82 Å². The highest BCUT2D eigenvalue weighted by atomic mass is 127. The van der Waals surface area contributed by atoms with Gasteiger partial charge in [0.2, 0.25) is 0 Å². The molecular weight excluding hydrogens is 374 g/mol. The van der Waals surface area contributed by atoms with Gasteiger partial charge in [-0.05, 0) is 40.3 Å². The molecule has 0 aliphatic heterocycles. The van der Waals surface area contributed by atoms with E-state index in [1.165, 1.54) is 6.07 Å². The third-order valence-corrected chi connectivity index (χ3v) is 3.57. The zero-order chi connectivity index (χ0) is 14.8. The van der Waals surface area contributed by atoms with E-state index in [1.54, 1.807) is 0 Å². The molecule has 0 saturated heterocycles. The summed E-state index contributed by atoms with van der Waals surface area (Å²) in [6.45, 7) is 0.0725. The van der Waals surface area contributed by atoms with Crippen molar-refractivity contribution in [1.29, 1.82) is 5.41 Å². The maximum absolute atomic E-state index is 13.8. The molecule has 0 aliphatic rings. The summed E-state index contributed by atoms with van der Waals surface area (Å²) in [5.74, 6) is -5.58.